The highest BCUT2D eigenvalue weighted by atomic mass is 16.7. The molecule has 0 bridgehead atoms. The van der Waals surface area contributed by atoms with Crippen LogP contribution in [0.25, 0.3) is 10.9 Å². The third kappa shape index (κ3) is 2.80. The molecule has 0 saturated carbocycles. The first kappa shape index (κ1) is 17.1. The Morgan fingerprint density at radius 1 is 1.12 bits per heavy atom. The van der Waals surface area contributed by atoms with Gasteiger partial charge in [-0.25, -0.2) is 4.68 Å². The van der Waals surface area contributed by atoms with Crippen LogP contribution in [-0.4, -0.2) is 34.7 Å². The van der Waals surface area contributed by atoms with E-state index in [1.807, 2.05) is 4.68 Å². The molecule has 1 unspecified atom stereocenters. The van der Waals surface area contributed by atoms with Gasteiger partial charge in [0.15, 0.2) is 0 Å². The third-order valence-corrected chi connectivity index (χ3v) is 5.89. The van der Waals surface area contributed by atoms with E-state index in [2.05, 4.69) is 52.9 Å². The van der Waals surface area contributed by atoms with Gasteiger partial charge in [-0.3, -0.25) is 0 Å². The molecular weight excluding hydrogens is 315 g/mol. The topological polar surface area (TPSA) is 45.5 Å². The highest BCUT2D eigenvalue weighted by molar-refractivity contribution is 6.65. The summed E-state index contributed by atoms with van der Waals surface area (Å²) in [5.41, 5.74) is 2.40. The van der Waals surface area contributed by atoms with E-state index in [0.29, 0.717) is 0 Å². The molecule has 134 valence electrons. The fraction of sp³-hybridized carbons (Fsp3) is 0.632. The number of aromatic nitrogens is 2. The predicted octanol–water partition coefficient (Wildman–Crippen LogP) is 3.34. The summed E-state index contributed by atoms with van der Waals surface area (Å²) in [6.07, 6.45) is 5.45. The van der Waals surface area contributed by atoms with E-state index in [0.717, 1.165) is 41.4 Å². The zero-order chi connectivity index (χ0) is 17.8. The van der Waals surface area contributed by atoms with Gasteiger partial charge < -0.3 is 14.0 Å². The highest BCUT2D eigenvalue weighted by Gasteiger charge is 2.52. The molecule has 1 aromatic heterocycles. The SMILES string of the molecule is Cc1ccc2cn(C3CCCCO3)nc2c1B1OC(C)(C)C(C)(C)O1. The first-order valence-electron chi connectivity index (χ1n) is 9.24. The minimum Gasteiger partial charge on any atom is -0.399 e. The number of benzene rings is 1. The molecule has 5 nitrogen and oxygen atoms in total. The van der Waals surface area contributed by atoms with E-state index >= 15 is 0 Å². The molecule has 1 atom stereocenters. The molecule has 3 heterocycles. The van der Waals surface area contributed by atoms with Crippen molar-refractivity contribution in [2.75, 3.05) is 6.61 Å². The van der Waals surface area contributed by atoms with Crippen molar-refractivity contribution in [1.29, 1.82) is 0 Å². The first-order valence-corrected chi connectivity index (χ1v) is 9.24. The number of nitrogens with zero attached hydrogens (tertiary/aromatic N) is 2. The van der Waals surface area contributed by atoms with Crippen LogP contribution in [-0.2, 0) is 14.0 Å². The van der Waals surface area contributed by atoms with Gasteiger partial charge in [0.1, 0.15) is 6.23 Å². The molecule has 4 rings (SSSR count). The molecule has 0 radical (unpaired) electrons. The van der Waals surface area contributed by atoms with Crippen LogP contribution in [0.15, 0.2) is 18.3 Å². The lowest BCUT2D eigenvalue weighted by molar-refractivity contribution is -0.0390. The Balaban J connectivity index is 1.76. The van der Waals surface area contributed by atoms with Gasteiger partial charge in [-0.1, -0.05) is 12.1 Å². The van der Waals surface area contributed by atoms with E-state index < -0.39 is 7.12 Å². The summed E-state index contributed by atoms with van der Waals surface area (Å²) in [7, 11) is -0.399. The second-order valence-corrected chi connectivity index (χ2v) is 8.25. The molecule has 0 amide bonds. The van der Waals surface area contributed by atoms with Crippen molar-refractivity contribution in [2.45, 2.75) is 71.3 Å². The molecule has 0 aliphatic carbocycles. The maximum atomic E-state index is 6.29. The Morgan fingerprint density at radius 3 is 2.48 bits per heavy atom. The number of ether oxygens (including phenoxy) is 1. The van der Waals surface area contributed by atoms with Crippen molar-refractivity contribution in [2.24, 2.45) is 0 Å². The number of hydrogen-bond donors (Lipinski definition) is 0. The van der Waals surface area contributed by atoms with E-state index in [9.17, 15) is 0 Å². The summed E-state index contributed by atoms with van der Waals surface area (Å²) < 4.78 is 20.4. The average Bonchev–Trinajstić information content (AvgIpc) is 3.06. The molecule has 2 aromatic rings. The van der Waals surface area contributed by atoms with Gasteiger partial charge in [0.05, 0.1) is 16.7 Å². The van der Waals surface area contributed by atoms with Crippen molar-refractivity contribution in [3.05, 3.63) is 23.9 Å². The minimum atomic E-state index is -0.399. The number of aryl methyl sites for hydroxylation is 1. The molecule has 0 N–H and O–H groups in total. The average molecular weight is 342 g/mol. The Morgan fingerprint density at radius 2 is 1.84 bits per heavy atom. The molecular formula is C19H27BN2O3. The van der Waals surface area contributed by atoms with E-state index in [1.54, 1.807) is 0 Å². The summed E-state index contributed by atoms with van der Waals surface area (Å²) in [5, 5.41) is 5.97. The van der Waals surface area contributed by atoms with Crippen LogP contribution in [0.3, 0.4) is 0 Å². The van der Waals surface area contributed by atoms with Crippen molar-refractivity contribution in [1.82, 2.24) is 9.78 Å². The summed E-state index contributed by atoms with van der Waals surface area (Å²) in [6, 6.07) is 4.24. The Kier molecular flexibility index (Phi) is 3.98. The smallest absolute Gasteiger partial charge is 0.399 e. The molecule has 2 aliphatic heterocycles. The van der Waals surface area contributed by atoms with Gasteiger partial charge >= 0.3 is 7.12 Å². The minimum absolute atomic E-state index is 0.0348. The summed E-state index contributed by atoms with van der Waals surface area (Å²) in [4.78, 5) is 0. The van der Waals surface area contributed by atoms with Crippen molar-refractivity contribution >= 4 is 23.5 Å². The van der Waals surface area contributed by atoms with Gasteiger partial charge in [0, 0.05) is 23.7 Å². The molecule has 2 aliphatic rings. The van der Waals surface area contributed by atoms with Crippen LogP contribution in [0.2, 0.25) is 0 Å². The monoisotopic (exact) mass is 342 g/mol. The predicted molar refractivity (Wildman–Crippen MR) is 99.0 cm³/mol. The Hall–Kier alpha value is -1.37. The molecule has 2 fully saturated rings. The summed E-state index contributed by atoms with van der Waals surface area (Å²) in [5.74, 6) is 0. The van der Waals surface area contributed by atoms with Gasteiger partial charge in [0.2, 0.25) is 0 Å². The van der Waals surface area contributed by atoms with Crippen LogP contribution in [0.5, 0.6) is 0 Å². The van der Waals surface area contributed by atoms with Gasteiger partial charge in [-0.2, -0.15) is 5.10 Å². The maximum Gasteiger partial charge on any atom is 0.497 e. The lowest BCUT2D eigenvalue weighted by Crippen LogP contribution is -2.41. The fourth-order valence-corrected chi connectivity index (χ4v) is 3.57. The second kappa shape index (κ2) is 5.83. The van der Waals surface area contributed by atoms with Crippen LogP contribution in [0, 0.1) is 6.92 Å². The molecule has 1 aromatic carbocycles. The number of hydrogen-bond acceptors (Lipinski definition) is 4. The van der Waals surface area contributed by atoms with Crippen LogP contribution in [0.1, 0.15) is 58.7 Å². The lowest BCUT2D eigenvalue weighted by atomic mass is 9.75. The third-order valence-electron chi connectivity index (χ3n) is 5.89. The Bertz CT molecular complexity index is 777. The van der Waals surface area contributed by atoms with Gasteiger partial charge in [0.25, 0.3) is 0 Å². The molecule has 0 spiro atoms. The molecule has 25 heavy (non-hydrogen) atoms. The molecule has 6 heteroatoms. The second-order valence-electron chi connectivity index (χ2n) is 8.25. The maximum absolute atomic E-state index is 6.29. The van der Waals surface area contributed by atoms with Gasteiger partial charge in [-0.15, -0.1) is 0 Å². The fourth-order valence-electron chi connectivity index (χ4n) is 3.57. The van der Waals surface area contributed by atoms with E-state index in [4.69, 9.17) is 19.1 Å². The summed E-state index contributed by atoms with van der Waals surface area (Å²) in [6.45, 7) is 11.2. The highest BCUT2D eigenvalue weighted by Crippen LogP contribution is 2.37. The van der Waals surface area contributed by atoms with Crippen molar-refractivity contribution < 1.29 is 14.0 Å². The first-order chi connectivity index (χ1) is 11.8. The summed E-state index contributed by atoms with van der Waals surface area (Å²) >= 11 is 0. The normalized spacial score (nSPS) is 25.6. The zero-order valence-electron chi connectivity index (χ0n) is 15.8. The van der Waals surface area contributed by atoms with Crippen LogP contribution >= 0.6 is 0 Å². The van der Waals surface area contributed by atoms with Crippen molar-refractivity contribution in [3.8, 4) is 0 Å². The van der Waals surface area contributed by atoms with Crippen LogP contribution in [0.4, 0.5) is 0 Å². The quantitative estimate of drug-likeness (QED) is 0.786. The van der Waals surface area contributed by atoms with Crippen molar-refractivity contribution in [3.63, 3.8) is 0 Å². The van der Waals surface area contributed by atoms with E-state index in [-0.39, 0.29) is 17.4 Å². The number of fused-ring (bicyclic) bond motifs is 1. The van der Waals surface area contributed by atoms with Crippen LogP contribution < -0.4 is 5.46 Å². The zero-order valence-corrected chi connectivity index (χ0v) is 15.8. The largest absolute Gasteiger partial charge is 0.497 e. The molecule has 2 saturated heterocycles. The standard InChI is InChI=1S/C19H27BN2O3/c1-13-9-10-14-12-22(15-8-6-7-11-23-15)21-17(14)16(13)20-24-18(2,3)19(4,5)25-20/h9-10,12,15H,6-8,11H2,1-5H3. The number of rotatable bonds is 2. The lowest BCUT2D eigenvalue weighted by Gasteiger charge is -2.32. The van der Waals surface area contributed by atoms with Gasteiger partial charge in [-0.05, 0) is 59.4 Å². The Labute approximate surface area is 149 Å². The van der Waals surface area contributed by atoms with E-state index in [1.165, 1.54) is 6.42 Å².